The van der Waals surface area contributed by atoms with Gasteiger partial charge in [0.2, 0.25) is 11.0 Å². The van der Waals surface area contributed by atoms with Gasteiger partial charge in [-0.2, -0.15) is 0 Å². The van der Waals surface area contributed by atoms with Crippen molar-refractivity contribution in [3.8, 4) is 0 Å². The Bertz CT molecular complexity index is 872. The molecule has 1 aromatic heterocycles. The minimum atomic E-state index is -0.321. The van der Waals surface area contributed by atoms with Gasteiger partial charge in [0.15, 0.2) is 4.34 Å². The van der Waals surface area contributed by atoms with Crippen LogP contribution >= 0.6 is 23.1 Å². The van der Waals surface area contributed by atoms with Crippen LogP contribution in [0.25, 0.3) is 0 Å². The number of nitrogens with one attached hydrogen (secondary N) is 2. The summed E-state index contributed by atoms with van der Waals surface area (Å²) < 4.78 is 13.9. The summed E-state index contributed by atoms with van der Waals surface area (Å²) in [5.41, 5.74) is 1.65. The van der Waals surface area contributed by atoms with Crippen LogP contribution in [0.5, 0.6) is 0 Å². The Hall–Kier alpha value is -2.45. The standard InChI is InChI=1S/C18H17FN4OS2/c1-12(16(24)20-11-13-6-3-2-4-7-13)25-18-23-22-17(26-18)21-15-9-5-8-14(19)10-15/h2-10,12H,11H2,1H3,(H,20,24)(H,21,22)/t12-/m1/s1. The molecule has 26 heavy (non-hydrogen) atoms. The minimum absolute atomic E-state index is 0.0614. The summed E-state index contributed by atoms with van der Waals surface area (Å²) >= 11 is 2.66. The number of benzene rings is 2. The van der Waals surface area contributed by atoms with E-state index in [1.165, 1.54) is 35.2 Å². The molecule has 0 unspecified atom stereocenters. The average molecular weight is 388 g/mol. The number of carbonyl (C=O) groups excluding carboxylic acids is 1. The third-order valence-electron chi connectivity index (χ3n) is 3.44. The Morgan fingerprint density at radius 3 is 2.77 bits per heavy atom. The van der Waals surface area contributed by atoms with Crippen molar-refractivity contribution in [2.45, 2.75) is 23.1 Å². The van der Waals surface area contributed by atoms with E-state index in [9.17, 15) is 9.18 Å². The second-order valence-corrected chi connectivity index (χ2v) is 8.04. The van der Waals surface area contributed by atoms with Gasteiger partial charge in [-0.25, -0.2) is 4.39 Å². The molecule has 8 heteroatoms. The van der Waals surface area contributed by atoms with Gasteiger partial charge in [0.05, 0.1) is 5.25 Å². The van der Waals surface area contributed by atoms with E-state index in [1.54, 1.807) is 12.1 Å². The molecular formula is C18H17FN4OS2. The lowest BCUT2D eigenvalue weighted by molar-refractivity contribution is -0.120. The van der Waals surface area contributed by atoms with Crippen LogP contribution in [0.1, 0.15) is 12.5 Å². The van der Waals surface area contributed by atoms with Gasteiger partial charge in [0.1, 0.15) is 5.82 Å². The lowest BCUT2D eigenvalue weighted by Gasteiger charge is -2.10. The summed E-state index contributed by atoms with van der Waals surface area (Å²) in [4.78, 5) is 12.2. The molecule has 3 rings (SSSR count). The van der Waals surface area contributed by atoms with E-state index in [2.05, 4.69) is 20.8 Å². The van der Waals surface area contributed by atoms with Crippen LogP contribution in [0.15, 0.2) is 58.9 Å². The molecule has 0 fully saturated rings. The highest BCUT2D eigenvalue weighted by Gasteiger charge is 2.17. The van der Waals surface area contributed by atoms with Gasteiger partial charge in [-0.3, -0.25) is 4.79 Å². The van der Waals surface area contributed by atoms with Crippen molar-refractivity contribution in [1.82, 2.24) is 15.5 Å². The van der Waals surface area contributed by atoms with Gasteiger partial charge in [-0.05, 0) is 30.7 Å². The second-order valence-electron chi connectivity index (χ2n) is 5.47. The van der Waals surface area contributed by atoms with Crippen LogP contribution in [-0.4, -0.2) is 21.4 Å². The van der Waals surface area contributed by atoms with E-state index in [-0.39, 0.29) is 17.0 Å². The highest BCUT2D eigenvalue weighted by molar-refractivity contribution is 8.02. The lowest BCUT2D eigenvalue weighted by Crippen LogP contribution is -2.30. The zero-order valence-corrected chi connectivity index (χ0v) is 15.6. The van der Waals surface area contributed by atoms with Crippen molar-refractivity contribution in [1.29, 1.82) is 0 Å². The maximum atomic E-state index is 13.2. The molecule has 2 N–H and O–H groups in total. The van der Waals surface area contributed by atoms with Gasteiger partial charge >= 0.3 is 0 Å². The van der Waals surface area contributed by atoms with E-state index in [4.69, 9.17) is 0 Å². The first kappa shape index (κ1) is 18.3. The fourth-order valence-electron chi connectivity index (χ4n) is 2.13. The van der Waals surface area contributed by atoms with Crippen LogP contribution < -0.4 is 10.6 Å². The molecule has 1 heterocycles. The van der Waals surface area contributed by atoms with Crippen molar-refractivity contribution < 1.29 is 9.18 Å². The largest absolute Gasteiger partial charge is 0.351 e. The third-order valence-corrected chi connectivity index (χ3v) is 5.46. The highest BCUT2D eigenvalue weighted by atomic mass is 32.2. The van der Waals surface area contributed by atoms with Crippen molar-refractivity contribution in [3.63, 3.8) is 0 Å². The molecule has 3 aromatic rings. The molecule has 2 aromatic carbocycles. The average Bonchev–Trinajstić information content (AvgIpc) is 3.07. The molecule has 134 valence electrons. The first-order chi connectivity index (χ1) is 12.6. The van der Waals surface area contributed by atoms with E-state index in [0.717, 1.165) is 5.56 Å². The number of carbonyl (C=O) groups is 1. The Balaban J connectivity index is 1.52. The molecule has 5 nitrogen and oxygen atoms in total. The summed E-state index contributed by atoms with van der Waals surface area (Å²) in [7, 11) is 0. The topological polar surface area (TPSA) is 66.9 Å². The smallest absolute Gasteiger partial charge is 0.233 e. The quantitative estimate of drug-likeness (QED) is 0.593. The van der Waals surface area contributed by atoms with E-state index < -0.39 is 0 Å². The van der Waals surface area contributed by atoms with Crippen LogP contribution in [-0.2, 0) is 11.3 Å². The number of hydrogen-bond donors (Lipinski definition) is 2. The summed E-state index contributed by atoms with van der Waals surface area (Å²) in [6.45, 7) is 2.32. The predicted molar refractivity (Wildman–Crippen MR) is 103 cm³/mol. The zero-order chi connectivity index (χ0) is 18.4. The molecule has 1 amide bonds. The monoisotopic (exact) mass is 388 g/mol. The Morgan fingerprint density at radius 2 is 2.00 bits per heavy atom. The van der Waals surface area contributed by atoms with Crippen LogP contribution in [0.4, 0.5) is 15.2 Å². The molecule has 0 spiro atoms. The molecule has 0 bridgehead atoms. The number of amides is 1. The van der Waals surface area contributed by atoms with Crippen molar-refractivity contribution in [2.75, 3.05) is 5.32 Å². The zero-order valence-electron chi connectivity index (χ0n) is 14.0. The van der Waals surface area contributed by atoms with Gasteiger partial charge in [-0.15, -0.1) is 10.2 Å². The first-order valence-electron chi connectivity index (χ1n) is 7.94. The van der Waals surface area contributed by atoms with Crippen molar-refractivity contribution in [3.05, 3.63) is 66.0 Å². The van der Waals surface area contributed by atoms with Crippen LogP contribution in [0.3, 0.4) is 0 Å². The van der Waals surface area contributed by atoms with E-state index in [0.29, 0.717) is 21.7 Å². The van der Waals surface area contributed by atoms with Crippen molar-refractivity contribution in [2.24, 2.45) is 0 Å². The molecule has 0 radical (unpaired) electrons. The molecule has 0 saturated heterocycles. The number of halogens is 1. The number of aromatic nitrogens is 2. The minimum Gasteiger partial charge on any atom is -0.351 e. The molecule has 0 aliphatic heterocycles. The van der Waals surface area contributed by atoms with Gasteiger partial charge in [-0.1, -0.05) is 59.5 Å². The predicted octanol–water partition coefficient (Wildman–Crippen LogP) is 4.22. The van der Waals surface area contributed by atoms with Crippen LogP contribution in [0, 0.1) is 5.82 Å². The molecule has 0 aliphatic carbocycles. The third kappa shape index (κ3) is 5.27. The van der Waals surface area contributed by atoms with Gasteiger partial charge in [0.25, 0.3) is 0 Å². The van der Waals surface area contributed by atoms with E-state index >= 15 is 0 Å². The number of anilines is 2. The fourth-order valence-corrected chi connectivity index (χ4v) is 4.07. The summed E-state index contributed by atoms with van der Waals surface area (Å²) in [5, 5.41) is 14.3. The van der Waals surface area contributed by atoms with Gasteiger partial charge in [0, 0.05) is 12.2 Å². The molecular weight excluding hydrogens is 371 g/mol. The summed E-state index contributed by atoms with van der Waals surface area (Å²) in [5.74, 6) is -0.383. The van der Waals surface area contributed by atoms with Crippen molar-refractivity contribution >= 4 is 39.8 Å². The Morgan fingerprint density at radius 1 is 1.19 bits per heavy atom. The van der Waals surface area contributed by atoms with E-state index in [1.807, 2.05) is 37.3 Å². The number of rotatable bonds is 7. The van der Waals surface area contributed by atoms with Gasteiger partial charge < -0.3 is 10.6 Å². The maximum Gasteiger partial charge on any atom is 0.233 e. The first-order valence-corrected chi connectivity index (χ1v) is 9.64. The second kappa shape index (κ2) is 8.77. The highest BCUT2D eigenvalue weighted by Crippen LogP contribution is 2.30. The lowest BCUT2D eigenvalue weighted by atomic mass is 10.2. The summed E-state index contributed by atoms with van der Waals surface area (Å²) in [6, 6.07) is 15.9. The maximum absolute atomic E-state index is 13.2. The fraction of sp³-hybridized carbons (Fsp3) is 0.167. The molecule has 0 saturated carbocycles. The normalized spacial score (nSPS) is 11.8. The number of nitrogens with zero attached hydrogens (tertiary/aromatic N) is 2. The number of thioether (sulfide) groups is 1. The Labute approximate surface area is 159 Å². The Kier molecular flexibility index (Phi) is 6.19. The SMILES string of the molecule is C[C@@H](Sc1nnc(Nc2cccc(F)c2)s1)C(=O)NCc1ccccc1. The molecule has 1 atom stereocenters. The summed E-state index contributed by atoms with van der Waals surface area (Å²) in [6.07, 6.45) is 0. The molecule has 0 aliphatic rings. The van der Waals surface area contributed by atoms with Crippen LogP contribution in [0.2, 0.25) is 0 Å². The number of hydrogen-bond acceptors (Lipinski definition) is 6.